The summed E-state index contributed by atoms with van der Waals surface area (Å²) in [5, 5.41) is 0. The molecule has 0 radical (unpaired) electrons. The average Bonchev–Trinajstić information content (AvgIpc) is 3.38. The van der Waals surface area contributed by atoms with Crippen molar-refractivity contribution in [1.29, 1.82) is 0 Å². The average molecular weight is 1020 g/mol. The molecule has 0 aromatic heterocycles. The topological polar surface area (TPSA) is 78.9 Å². The lowest BCUT2D eigenvalue weighted by molar-refractivity contribution is -0.167. The molecule has 0 amide bonds. The fraction of sp³-hybridized carbons (Fsp3) is 0.955. The van der Waals surface area contributed by atoms with E-state index in [4.69, 9.17) is 14.2 Å². The minimum absolute atomic E-state index is 0.0618. The molecule has 0 aliphatic carbocycles. The van der Waals surface area contributed by atoms with Crippen LogP contribution in [0.15, 0.2) is 0 Å². The van der Waals surface area contributed by atoms with E-state index in [0.717, 1.165) is 57.8 Å². The molecule has 6 heteroatoms. The summed E-state index contributed by atoms with van der Waals surface area (Å²) in [4.78, 5) is 38.0. The molecule has 0 spiro atoms. The van der Waals surface area contributed by atoms with Gasteiger partial charge in [0, 0.05) is 19.3 Å². The summed E-state index contributed by atoms with van der Waals surface area (Å²) in [5.74, 6) is -0.841. The van der Waals surface area contributed by atoms with E-state index in [9.17, 15) is 14.4 Å². The Morgan fingerprint density at radius 3 is 0.556 bits per heavy atom. The number of hydrogen-bond donors (Lipinski definition) is 0. The predicted molar refractivity (Wildman–Crippen MR) is 312 cm³/mol. The van der Waals surface area contributed by atoms with Gasteiger partial charge in [0.05, 0.1) is 0 Å². The summed E-state index contributed by atoms with van der Waals surface area (Å²) in [5.41, 5.74) is 0. The van der Waals surface area contributed by atoms with Crippen molar-refractivity contribution in [2.75, 3.05) is 13.2 Å². The van der Waals surface area contributed by atoms with Crippen molar-refractivity contribution in [3.05, 3.63) is 0 Å². The van der Waals surface area contributed by atoms with Gasteiger partial charge in [0.15, 0.2) is 6.10 Å². The summed E-state index contributed by atoms with van der Waals surface area (Å²) in [6.07, 6.45) is 71.7. The van der Waals surface area contributed by atoms with E-state index in [2.05, 4.69) is 20.8 Å². The Balaban J connectivity index is 3.88. The van der Waals surface area contributed by atoms with E-state index >= 15 is 0 Å². The SMILES string of the molecule is CCCCCCCCCCCCCCCCCCCCCCCCCCCCCCCCCCCC(=O)OCC(COC(=O)CCCCCCCCC)OC(=O)CCCCCCCCCCCCCCCC. The summed E-state index contributed by atoms with van der Waals surface area (Å²) < 4.78 is 16.8. The monoisotopic (exact) mass is 1020 g/mol. The minimum Gasteiger partial charge on any atom is -0.462 e. The highest BCUT2D eigenvalue weighted by molar-refractivity contribution is 5.71. The van der Waals surface area contributed by atoms with E-state index in [1.807, 2.05) is 0 Å². The van der Waals surface area contributed by atoms with Gasteiger partial charge in [-0.3, -0.25) is 14.4 Å². The summed E-state index contributed by atoms with van der Waals surface area (Å²) in [6.45, 7) is 6.67. The Kier molecular flexibility index (Phi) is 60.6. The molecule has 72 heavy (non-hydrogen) atoms. The van der Waals surface area contributed by atoms with E-state index in [1.54, 1.807) is 0 Å². The summed E-state index contributed by atoms with van der Waals surface area (Å²) in [7, 11) is 0. The lowest BCUT2D eigenvalue weighted by Gasteiger charge is -2.18. The molecule has 428 valence electrons. The molecule has 0 aromatic carbocycles. The molecule has 0 aromatic rings. The molecule has 0 fully saturated rings. The Morgan fingerprint density at radius 1 is 0.222 bits per heavy atom. The second-order valence-electron chi connectivity index (χ2n) is 22.8. The van der Waals surface area contributed by atoms with Crippen LogP contribution in [0.2, 0.25) is 0 Å². The smallest absolute Gasteiger partial charge is 0.306 e. The molecule has 1 atom stereocenters. The zero-order valence-corrected chi connectivity index (χ0v) is 49.2. The van der Waals surface area contributed by atoms with Crippen molar-refractivity contribution < 1.29 is 28.6 Å². The van der Waals surface area contributed by atoms with Crippen LogP contribution in [-0.4, -0.2) is 37.2 Å². The molecule has 0 saturated heterocycles. The van der Waals surface area contributed by atoms with Gasteiger partial charge >= 0.3 is 17.9 Å². The molecule has 0 aliphatic heterocycles. The van der Waals surface area contributed by atoms with E-state index in [1.165, 1.54) is 289 Å². The molecule has 0 rings (SSSR count). The van der Waals surface area contributed by atoms with E-state index in [-0.39, 0.29) is 31.1 Å². The van der Waals surface area contributed by atoms with Gasteiger partial charge < -0.3 is 14.2 Å². The largest absolute Gasteiger partial charge is 0.462 e. The first-order chi connectivity index (χ1) is 35.5. The first-order valence-corrected chi connectivity index (χ1v) is 33.0. The third-order valence-electron chi connectivity index (χ3n) is 15.4. The van der Waals surface area contributed by atoms with Gasteiger partial charge in [0.2, 0.25) is 0 Å². The lowest BCUT2D eigenvalue weighted by atomic mass is 10.0. The van der Waals surface area contributed by atoms with Crippen molar-refractivity contribution in [2.45, 2.75) is 393 Å². The molecule has 0 heterocycles. The second kappa shape index (κ2) is 62.0. The van der Waals surface area contributed by atoms with Gasteiger partial charge in [-0.25, -0.2) is 0 Å². The molecule has 1 unspecified atom stereocenters. The molecule has 0 saturated carbocycles. The van der Waals surface area contributed by atoms with E-state index in [0.29, 0.717) is 19.3 Å². The van der Waals surface area contributed by atoms with Crippen LogP contribution in [0, 0.1) is 0 Å². The van der Waals surface area contributed by atoms with Gasteiger partial charge in [0.1, 0.15) is 13.2 Å². The van der Waals surface area contributed by atoms with Gasteiger partial charge in [-0.2, -0.15) is 0 Å². The summed E-state index contributed by atoms with van der Waals surface area (Å²) >= 11 is 0. The van der Waals surface area contributed by atoms with Crippen LogP contribution in [0.25, 0.3) is 0 Å². The van der Waals surface area contributed by atoms with Gasteiger partial charge in [-0.05, 0) is 19.3 Å². The highest BCUT2D eigenvalue weighted by Crippen LogP contribution is 2.19. The summed E-state index contributed by atoms with van der Waals surface area (Å²) in [6, 6.07) is 0. The Morgan fingerprint density at radius 2 is 0.375 bits per heavy atom. The number of esters is 3. The van der Waals surface area contributed by atoms with Gasteiger partial charge in [-0.15, -0.1) is 0 Å². The van der Waals surface area contributed by atoms with Crippen LogP contribution in [0.1, 0.15) is 387 Å². The third kappa shape index (κ3) is 59.3. The molecule has 0 N–H and O–H groups in total. The molecule has 0 bridgehead atoms. The van der Waals surface area contributed by atoms with Crippen molar-refractivity contribution in [3.8, 4) is 0 Å². The standard InChI is InChI=1S/C66H128O6/c1-4-7-10-13-16-18-20-22-24-25-26-27-28-29-30-31-32-33-34-35-36-37-38-39-40-41-42-44-45-47-50-53-56-59-65(68)71-62-63(61-70-64(67)58-55-52-49-15-12-9-6-3)72-66(69)60-57-54-51-48-46-43-23-21-19-17-14-11-8-5-2/h63H,4-62H2,1-3H3. The maximum atomic E-state index is 12.8. The fourth-order valence-corrected chi connectivity index (χ4v) is 10.4. The maximum Gasteiger partial charge on any atom is 0.306 e. The molecular formula is C66H128O6. The number of unbranched alkanes of at least 4 members (excludes halogenated alkanes) is 51. The van der Waals surface area contributed by atoms with Crippen LogP contribution in [0.4, 0.5) is 0 Å². The van der Waals surface area contributed by atoms with Crippen LogP contribution < -0.4 is 0 Å². The minimum atomic E-state index is -0.760. The second-order valence-corrected chi connectivity index (χ2v) is 22.8. The predicted octanol–water partition coefficient (Wildman–Crippen LogP) is 22.3. The normalized spacial score (nSPS) is 11.9. The zero-order chi connectivity index (χ0) is 52.2. The lowest BCUT2D eigenvalue weighted by Crippen LogP contribution is -2.30. The van der Waals surface area contributed by atoms with E-state index < -0.39 is 6.10 Å². The highest BCUT2D eigenvalue weighted by Gasteiger charge is 2.19. The van der Waals surface area contributed by atoms with Gasteiger partial charge in [0.25, 0.3) is 0 Å². The van der Waals surface area contributed by atoms with Crippen molar-refractivity contribution in [2.24, 2.45) is 0 Å². The number of rotatable bonds is 62. The van der Waals surface area contributed by atoms with Crippen molar-refractivity contribution in [3.63, 3.8) is 0 Å². The first-order valence-electron chi connectivity index (χ1n) is 33.0. The molecular weight excluding hydrogens is 889 g/mol. The number of hydrogen-bond acceptors (Lipinski definition) is 6. The van der Waals surface area contributed by atoms with Crippen LogP contribution in [0.5, 0.6) is 0 Å². The van der Waals surface area contributed by atoms with Crippen molar-refractivity contribution >= 4 is 17.9 Å². The van der Waals surface area contributed by atoms with Gasteiger partial charge in [-0.1, -0.05) is 348 Å². The van der Waals surface area contributed by atoms with Crippen LogP contribution in [0.3, 0.4) is 0 Å². The maximum absolute atomic E-state index is 12.8. The number of carbonyl (C=O) groups excluding carboxylic acids is 3. The Bertz CT molecular complexity index is 1080. The number of carbonyl (C=O) groups is 3. The number of ether oxygens (including phenoxy) is 3. The quantitative estimate of drug-likeness (QED) is 0.0343. The third-order valence-corrected chi connectivity index (χ3v) is 15.4. The highest BCUT2D eigenvalue weighted by atomic mass is 16.6. The van der Waals surface area contributed by atoms with Crippen LogP contribution >= 0.6 is 0 Å². The zero-order valence-electron chi connectivity index (χ0n) is 49.2. The first kappa shape index (κ1) is 70.4. The fourth-order valence-electron chi connectivity index (χ4n) is 10.4. The molecule has 0 aliphatic rings. The Labute approximate surface area is 450 Å². The molecule has 6 nitrogen and oxygen atoms in total. The van der Waals surface area contributed by atoms with Crippen molar-refractivity contribution in [1.82, 2.24) is 0 Å². The Hall–Kier alpha value is -1.59. The van der Waals surface area contributed by atoms with Crippen LogP contribution in [-0.2, 0) is 28.6 Å².